The molecule has 0 aromatic rings. The summed E-state index contributed by atoms with van der Waals surface area (Å²) >= 11 is 0. The number of aliphatic hydroxyl groups excluding tert-OH is 1. The summed E-state index contributed by atoms with van der Waals surface area (Å²) in [6, 6.07) is -3.06. The number of aliphatic hydroxyl groups is 1. The largest absolute Gasteiger partial charge is 0.444 e. The first-order valence-electron chi connectivity index (χ1n) is 11.6. The van der Waals surface area contributed by atoms with Gasteiger partial charge in [-0.3, -0.25) is 19.2 Å². The Hall–Kier alpha value is -2.49. The lowest BCUT2D eigenvalue weighted by atomic mass is 9.80. The van der Waals surface area contributed by atoms with Crippen LogP contribution in [0.1, 0.15) is 73.1 Å². The van der Waals surface area contributed by atoms with Gasteiger partial charge in [-0.05, 0) is 52.9 Å². The summed E-state index contributed by atoms with van der Waals surface area (Å²) in [5.41, 5.74) is -0.787. The number of nitrogens with zero attached hydrogens (tertiary/aromatic N) is 1. The number of amides is 3. The number of hydrogen-bond donors (Lipinski definition) is 3. The van der Waals surface area contributed by atoms with Crippen LogP contribution in [-0.4, -0.2) is 75.9 Å². The van der Waals surface area contributed by atoms with Crippen LogP contribution in [0, 0.1) is 5.92 Å². The zero-order chi connectivity index (χ0) is 24.9. The Balaban J connectivity index is 2.10. The molecule has 1 heterocycles. The fourth-order valence-corrected chi connectivity index (χ4v) is 4.11. The molecule has 186 valence electrons. The van der Waals surface area contributed by atoms with Crippen molar-refractivity contribution < 1.29 is 33.8 Å². The summed E-state index contributed by atoms with van der Waals surface area (Å²) in [7, 11) is 0. The summed E-state index contributed by atoms with van der Waals surface area (Å²) < 4.78 is 5.18. The first-order valence-corrected chi connectivity index (χ1v) is 11.6. The molecule has 0 aromatic heterocycles. The maximum absolute atomic E-state index is 13.2. The molecule has 3 amide bonds. The van der Waals surface area contributed by atoms with E-state index in [1.54, 1.807) is 20.8 Å². The van der Waals surface area contributed by atoms with Gasteiger partial charge in [0, 0.05) is 13.5 Å². The molecule has 2 aliphatic rings. The van der Waals surface area contributed by atoms with Gasteiger partial charge in [-0.15, -0.1) is 0 Å². The molecular weight excluding hydrogens is 430 g/mol. The number of likely N-dealkylation sites (tertiary alicyclic amines) is 1. The highest BCUT2D eigenvalue weighted by Crippen LogP contribution is 2.31. The van der Waals surface area contributed by atoms with Crippen molar-refractivity contribution in [2.75, 3.05) is 6.54 Å². The van der Waals surface area contributed by atoms with Crippen molar-refractivity contribution in [2.45, 2.75) is 103 Å². The van der Waals surface area contributed by atoms with Crippen molar-refractivity contribution in [3.8, 4) is 0 Å². The molecule has 0 radical (unpaired) electrons. The summed E-state index contributed by atoms with van der Waals surface area (Å²) in [5.74, 6) is -2.09. The first-order chi connectivity index (χ1) is 15.3. The van der Waals surface area contributed by atoms with Gasteiger partial charge in [0.1, 0.15) is 17.7 Å². The first kappa shape index (κ1) is 26.8. The number of nitrogens with one attached hydrogen (secondary N) is 2. The molecule has 0 bridgehead atoms. The molecule has 1 aliphatic carbocycles. The van der Waals surface area contributed by atoms with Crippen LogP contribution in [-0.2, 0) is 23.9 Å². The topological polar surface area (TPSA) is 142 Å². The maximum atomic E-state index is 13.2. The van der Waals surface area contributed by atoms with Crippen molar-refractivity contribution in [1.29, 1.82) is 0 Å². The fraction of sp³-hybridized carbons (Fsp3) is 0.783. The van der Waals surface area contributed by atoms with E-state index in [-0.39, 0.29) is 12.5 Å². The zero-order valence-electron chi connectivity index (χ0n) is 20.2. The number of carbonyl (C=O) groups is 5. The molecule has 3 N–H and O–H groups in total. The minimum Gasteiger partial charge on any atom is -0.444 e. The lowest BCUT2D eigenvalue weighted by molar-refractivity contribution is -0.143. The van der Waals surface area contributed by atoms with Gasteiger partial charge in [0.05, 0.1) is 12.1 Å². The van der Waals surface area contributed by atoms with Crippen LogP contribution in [0.2, 0.25) is 0 Å². The molecule has 2 fully saturated rings. The van der Waals surface area contributed by atoms with E-state index in [9.17, 15) is 29.1 Å². The van der Waals surface area contributed by atoms with Gasteiger partial charge < -0.3 is 25.4 Å². The van der Waals surface area contributed by atoms with Gasteiger partial charge in [-0.25, -0.2) is 4.79 Å². The Kier molecular flexibility index (Phi) is 8.99. The number of Topliss-reactive ketones (excluding diaryl/α,β-unsaturated/α-hetero) is 2. The molecule has 0 spiro atoms. The number of rotatable bonds is 9. The Morgan fingerprint density at radius 2 is 1.70 bits per heavy atom. The summed E-state index contributed by atoms with van der Waals surface area (Å²) in [6.45, 7) is 7.84. The van der Waals surface area contributed by atoms with Crippen LogP contribution in [0.15, 0.2) is 0 Å². The average Bonchev–Trinajstić information content (AvgIpc) is 3.14. The van der Waals surface area contributed by atoms with E-state index in [1.807, 2.05) is 0 Å². The third kappa shape index (κ3) is 7.52. The molecule has 10 nitrogen and oxygen atoms in total. The highest BCUT2D eigenvalue weighted by Gasteiger charge is 2.41. The van der Waals surface area contributed by atoms with Crippen molar-refractivity contribution in [2.24, 2.45) is 5.92 Å². The fourth-order valence-electron chi connectivity index (χ4n) is 4.11. The normalized spacial score (nSPS) is 21.4. The van der Waals surface area contributed by atoms with Crippen molar-refractivity contribution in [3.05, 3.63) is 0 Å². The molecule has 33 heavy (non-hydrogen) atoms. The summed E-state index contributed by atoms with van der Waals surface area (Å²) in [5, 5.41) is 15.2. The summed E-state index contributed by atoms with van der Waals surface area (Å²) in [6.07, 6.45) is 2.24. The van der Waals surface area contributed by atoms with Crippen molar-refractivity contribution in [3.63, 3.8) is 0 Å². The zero-order valence-corrected chi connectivity index (χ0v) is 20.2. The number of ketones is 2. The van der Waals surface area contributed by atoms with E-state index in [1.165, 1.54) is 18.7 Å². The number of ether oxygens (including phenoxy) is 1. The van der Waals surface area contributed by atoms with Crippen molar-refractivity contribution in [1.82, 2.24) is 15.5 Å². The van der Waals surface area contributed by atoms with Crippen LogP contribution in [0.25, 0.3) is 0 Å². The van der Waals surface area contributed by atoms with Gasteiger partial charge in [0.2, 0.25) is 17.6 Å². The van der Waals surface area contributed by atoms with Gasteiger partial charge in [0.15, 0.2) is 5.78 Å². The number of hydrogen-bond acceptors (Lipinski definition) is 7. The van der Waals surface area contributed by atoms with Crippen LogP contribution in [0.3, 0.4) is 0 Å². The minimum atomic E-state index is -1.29. The SMILES string of the molecule is CC(=O)C(=O)C(CC1CCC1)NC(=O)C1CCCN1C(=O)C(NC(=O)OC(C)(C)C)C(C)O. The van der Waals surface area contributed by atoms with Gasteiger partial charge in [-0.2, -0.15) is 0 Å². The predicted octanol–water partition coefficient (Wildman–Crippen LogP) is 1.08. The lowest BCUT2D eigenvalue weighted by Gasteiger charge is -2.32. The second kappa shape index (κ2) is 11.1. The van der Waals surface area contributed by atoms with Crippen LogP contribution < -0.4 is 10.6 Å². The molecule has 1 saturated heterocycles. The van der Waals surface area contributed by atoms with E-state index in [2.05, 4.69) is 10.6 Å². The number of carbonyl (C=O) groups excluding carboxylic acids is 5. The Labute approximate surface area is 194 Å². The van der Waals surface area contributed by atoms with Crippen LogP contribution in [0.5, 0.6) is 0 Å². The third-order valence-electron chi connectivity index (χ3n) is 6.03. The molecule has 1 saturated carbocycles. The van der Waals surface area contributed by atoms with E-state index in [0.29, 0.717) is 19.3 Å². The Morgan fingerprint density at radius 3 is 2.18 bits per heavy atom. The second-order valence-corrected chi connectivity index (χ2v) is 10.1. The monoisotopic (exact) mass is 467 g/mol. The Morgan fingerprint density at radius 1 is 1.06 bits per heavy atom. The molecule has 4 unspecified atom stereocenters. The smallest absolute Gasteiger partial charge is 0.408 e. The lowest BCUT2D eigenvalue weighted by Crippen LogP contribution is -2.58. The highest BCUT2D eigenvalue weighted by molar-refractivity contribution is 6.38. The molecular formula is C23H37N3O7. The van der Waals surface area contributed by atoms with E-state index < -0.39 is 59.3 Å². The van der Waals surface area contributed by atoms with E-state index in [4.69, 9.17) is 4.74 Å². The Bertz CT molecular complexity index is 771. The van der Waals surface area contributed by atoms with Crippen LogP contribution in [0.4, 0.5) is 4.79 Å². The quantitative estimate of drug-likeness (QED) is 0.431. The van der Waals surface area contributed by atoms with Gasteiger partial charge >= 0.3 is 6.09 Å². The van der Waals surface area contributed by atoms with Crippen molar-refractivity contribution >= 4 is 29.5 Å². The standard InChI is InChI=1S/C23H37N3O7/c1-13(27)18(25-22(32)33-23(3,4)5)21(31)26-11-7-10-17(26)20(30)24-16(19(29)14(2)28)12-15-8-6-9-15/h13,15-18,27H,6-12H2,1-5H3,(H,24,30)(H,25,32). The average molecular weight is 468 g/mol. The molecule has 10 heteroatoms. The molecule has 4 atom stereocenters. The molecule has 1 aliphatic heterocycles. The molecule has 2 rings (SSSR count). The molecule has 0 aromatic carbocycles. The predicted molar refractivity (Wildman–Crippen MR) is 119 cm³/mol. The van der Waals surface area contributed by atoms with E-state index >= 15 is 0 Å². The second-order valence-electron chi connectivity index (χ2n) is 10.1. The minimum absolute atomic E-state index is 0.268. The van der Waals surface area contributed by atoms with Gasteiger partial charge in [0.25, 0.3) is 0 Å². The highest BCUT2D eigenvalue weighted by atomic mass is 16.6. The van der Waals surface area contributed by atoms with Crippen LogP contribution >= 0.6 is 0 Å². The van der Waals surface area contributed by atoms with E-state index in [0.717, 1.165) is 19.3 Å². The maximum Gasteiger partial charge on any atom is 0.408 e. The third-order valence-corrected chi connectivity index (χ3v) is 6.03. The van der Waals surface area contributed by atoms with Gasteiger partial charge in [-0.1, -0.05) is 19.3 Å². The number of alkyl carbamates (subject to hydrolysis) is 1. The summed E-state index contributed by atoms with van der Waals surface area (Å²) in [4.78, 5) is 63.7.